The number of carbonyl (C=O) groups is 2. The Morgan fingerprint density at radius 1 is 1.38 bits per heavy atom. The van der Waals surface area contributed by atoms with E-state index in [-0.39, 0.29) is 12.3 Å². The van der Waals surface area contributed by atoms with Gasteiger partial charge in [0.1, 0.15) is 0 Å². The average Bonchev–Trinajstić information content (AvgIpc) is 2.40. The van der Waals surface area contributed by atoms with Crippen molar-refractivity contribution in [2.45, 2.75) is 13.3 Å². The molecule has 1 aromatic carbocycles. The predicted octanol–water partition coefficient (Wildman–Crippen LogP) is 2.97. The summed E-state index contributed by atoms with van der Waals surface area (Å²) in [7, 11) is 1.78. The monoisotopic (exact) mass is 332 g/mol. The number of halogens is 2. The summed E-state index contributed by atoms with van der Waals surface area (Å²) >= 11 is 11.8. The number of aliphatic carboxylic acids is 1. The quantitative estimate of drug-likeness (QED) is 0.805. The molecule has 7 heteroatoms. The van der Waals surface area contributed by atoms with Crippen LogP contribution in [0, 0.1) is 5.92 Å². The minimum Gasteiger partial charge on any atom is -0.481 e. The predicted molar refractivity (Wildman–Crippen MR) is 84.0 cm³/mol. The highest BCUT2D eigenvalue weighted by molar-refractivity contribution is 6.35. The van der Waals surface area contributed by atoms with E-state index in [2.05, 4.69) is 5.32 Å². The summed E-state index contributed by atoms with van der Waals surface area (Å²) in [5, 5.41) is 12.4. The van der Waals surface area contributed by atoms with Crippen LogP contribution >= 0.6 is 23.2 Å². The van der Waals surface area contributed by atoms with Gasteiger partial charge < -0.3 is 15.3 Å². The summed E-state index contributed by atoms with van der Waals surface area (Å²) in [6.07, 6.45) is 0.242. The van der Waals surface area contributed by atoms with E-state index in [9.17, 15) is 9.59 Å². The third-order valence-electron chi connectivity index (χ3n) is 2.93. The van der Waals surface area contributed by atoms with Gasteiger partial charge in [0.2, 0.25) is 5.91 Å². The van der Waals surface area contributed by atoms with Gasteiger partial charge in [-0.2, -0.15) is 0 Å². The summed E-state index contributed by atoms with van der Waals surface area (Å²) in [6, 6.07) is 4.83. The molecule has 0 radical (unpaired) electrons. The number of hydrogen-bond donors (Lipinski definition) is 2. The molecule has 0 aliphatic carbocycles. The van der Waals surface area contributed by atoms with E-state index in [1.54, 1.807) is 37.1 Å². The average molecular weight is 333 g/mol. The lowest BCUT2D eigenvalue weighted by Crippen LogP contribution is -2.31. The second-order valence-electron chi connectivity index (χ2n) is 4.92. The van der Waals surface area contributed by atoms with E-state index < -0.39 is 11.9 Å². The minimum atomic E-state index is -0.850. The fourth-order valence-electron chi connectivity index (χ4n) is 1.74. The highest BCUT2D eigenvalue weighted by Crippen LogP contribution is 2.25. The number of carboxylic acids is 1. The number of amides is 1. The zero-order valence-corrected chi connectivity index (χ0v) is 13.4. The van der Waals surface area contributed by atoms with Crippen LogP contribution < -0.4 is 5.32 Å². The molecule has 1 aromatic rings. The molecule has 0 saturated heterocycles. The number of carbonyl (C=O) groups excluding carboxylic acids is 1. The Labute approximate surface area is 133 Å². The van der Waals surface area contributed by atoms with Gasteiger partial charge in [0.25, 0.3) is 0 Å². The molecule has 0 aliphatic rings. The molecule has 5 nitrogen and oxygen atoms in total. The standard InChI is InChI=1S/C14H18Cl2N2O3/c1-9(14(20)21)8-18(2)6-5-13(19)17-12-7-10(15)3-4-11(12)16/h3-4,7,9H,5-6,8H2,1-2H3,(H,17,19)(H,20,21). The van der Waals surface area contributed by atoms with Crippen molar-refractivity contribution in [2.75, 3.05) is 25.5 Å². The lowest BCUT2D eigenvalue weighted by molar-refractivity contribution is -0.141. The lowest BCUT2D eigenvalue weighted by atomic mass is 10.2. The number of hydrogen-bond acceptors (Lipinski definition) is 3. The van der Waals surface area contributed by atoms with Crippen molar-refractivity contribution in [1.29, 1.82) is 0 Å². The van der Waals surface area contributed by atoms with E-state index >= 15 is 0 Å². The Morgan fingerprint density at radius 2 is 2.05 bits per heavy atom. The van der Waals surface area contributed by atoms with Gasteiger partial charge in [-0.3, -0.25) is 9.59 Å². The van der Waals surface area contributed by atoms with E-state index in [0.717, 1.165) is 0 Å². The van der Waals surface area contributed by atoms with E-state index in [1.165, 1.54) is 0 Å². The Kier molecular flexibility index (Phi) is 6.95. The smallest absolute Gasteiger partial charge is 0.307 e. The van der Waals surface area contributed by atoms with Crippen LogP contribution in [0.1, 0.15) is 13.3 Å². The van der Waals surface area contributed by atoms with Gasteiger partial charge in [-0.25, -0.2) is 0 Å². The van der Waals surface area contributed by atoms with Crippen molar-refractivity contribution in [3.63, 3.8) is 0 Å². The lowest BCUT2D eigenvalue weighted by Gasteiger charge is -2.18. The summed E-state index contributed by atoms with van der Waals surface area (Å²) in [5.74, 6) is -1.52. The molecule has 0 fully saturated rings. The first kappa shape index (κ1) is 17.8. The first-order valence-electron chi connectivity index (χ1n) is 6.46. The zero-order chi connectivity index (χ0) is 16.0. The Hall–Kier alpha value is -1.30. The molecular formula is C14H18Cl2N2O3. The third kappa shape index (κ3) is 6.33. The Balaban J connectivity index is 2.44. The molecule has 0 aliphatic heterocycles. The molecule has 1 unspecified atom stereocenters. The molecule has 0 saturated carbocycles. The van der Waals surface area contributed by atoms with Gasteiger partial charge in [-0.15, -0.1) is 0 Å². The molecule has 0 bridgehead atoms. The molecule has 0 heterocycles. The number of nitrogens with one attached hydrogen (secondary N) is 1. The maximum atomic E-state index is 11.8. The largest absolute Gasteiger partial charge is 0.481 e. The number of nitrogens with zero attached hydrogens (tertiary/aromatic N) is 1. The number of anilines is 1. The number of benzene rings is 1. The number of carboxylic acid groups (broad SMARTS) is 1. The van der Waals surface area contributed by atoms with Crippen LogP contribution in [0.2, 0.25) is 10.0 Å². The third-order valence-corrected chi connectivity index (χ3v) is 3.49. The van der Waals surface area contributed by atoms with Crippen LogP contribution in [-0.2, 0) is 9.59 Å². The molecular weight excluding hydrogens is 315 g/mol. The van der Waals surface area contributed by atoms with Gasteiger partial charge in [-0.1, -0.05) is 30.1 Å². The molecule has 1 atom stereocenters. The molecule has 1 amide bonds. The van der Waals surface area contributed by atoms with Crippen molar-refractivity contribution in [2.24, 2.45) is 5.92 Å². The van der Waals surface area contributed by atoms with Crippen LogP contribution in [-0.4, -0.2) is 42.0 Å². The van der Waals surface area contributed by atoms with Crippen LogP contribution in [0.15, 0.2) is 18.2 Å². The summed E-state index contributed by atoms with van der Waals surface area (Å²) in [5.41, 5.74) is 0.468. The summed E-state index contributed by atoms with van der Waals surface area (Å²) in [6.45, 7) is 2.48. The second kappa shape index (κ2) is 8.22. The molecule has 0 aromatic heterocycles. The first-order chi connectivity index (χ1) is 9.79. The van der Waals surface area contributed by atoms with E-state index in [1.807, 2.05) is 0 Å². The van der Waals surface area contributed by atoms with Crippen molar-refractivity contribution in [1.82, 2.24) is 4.90 Å². The fraction of sp³-hybridized carbons (Fsp3) is 0.429. The number of rotatable bonds is 7. The molecule has 1 rings (SSSR count). The minimum absolute atomic E-state index is 0.200. The van der Waals surface area contributed by atoms with Crippen LogP contribution in [0.5, 0.6) is 0 Å². The fourth-order valence-corrected chi connectivity index (χ4v) is 2.07. The maximum Gasteiger partial charge on any atom is 0.307 e. The summed E-state index contributed by atoms with van der Waals surface area (Å²) in [4.78, 5) is 24.4. The molecule has 116 valence electrons. The topological polar surface area (TPSA) is 69.6 Å². The van der Waals surface area contributed by atoms with Gasteiger partial charge in [0.15, 0.2) is 0 Å². The first-order valence-corrected chi connectivity index (χ1v) is 7.21. The van der Waals surface area contributed by atoms with Gasteiger partial charge in [-0.05, 0) is 25.2 Å². The van der Waals surface area contributed by atoms with Crippen LogP contribution in [0.4, 0.5) is 5.69 Å². The molecule has 21 heavy (non-hydrogen) atoms. The molecule has 0 spiro atoms. The van der Waals surface area contributed by atoms with Crippen LogP contribution in [0.3, 0.4) is 0 Å². The Morgan fingerprint density at radius 3 is 2.67 bits per heavy atom. The van der Waals surface area contributed by atoms with Gasteiger partial charge in [0.05, 0.1) is 16.6 Å². The van der Waals surface area contributed by atoms with Gasteiger partial charge in [0, 0.05) is 24.5 Å². The van der Waals surface area contributed by atoms with Gasteiger partial charge >= 0.3 is 5.97 Å². The molecule has 2 N–H and O–H groups in total. The maximum absolute atomic E-state index is 11.8. The van der Waals surface area contributed by atoms with E-state index in [4.69, 9.17) is 28.3 Å². The van der Waals surface area contributed by atoms with E-state index in [0.29, 0.717) is 28.8 Å². The zero-order valence-electron chi connectivity index (χ0n) is 11.9. The second-order valence-corrected chi connectivity index (χ2v) is 5.77. The van der Waals surface area contributed by atoms with Crippen molar-refractivity contribution < 1.29 is 14.7 Å². The van der Waals surface area contributed by atoms with Crippen LogP contribution in [0.25, 0.3) is 0 Å². The highest BCUT2D eigenvalue weighted by atomic mass is 35.5. The van der Waals surface area contributed by atoms with Crippen molar-refractivity contribution >= 4 is 40.8 Å². The van der Waals surface area contributed by atoms with Crippen molar-refractivity contribution in [3.8, 4) is 0 Å². The summed E-state index contributed by atoms with van der Waals surface area (Å²) < 4.78 is 0. The SMILES string of the molecule is CC(CN(C)CCC(=O)Nc1cc(Cl)ccc1Cl)C(=O)O. The Bertz CT molecular complexity index is 523. The normalized spacial score (nSPS) is 12.2. The van der Waals surface area contributed by atoms with Crippen molar-refractivity contribution in [3.05, 3.63) is 28.2 Å². The highest BCUT2D eigenvalue weighted by Gasteiger charge is 2.14.